The molecule has 1 aromatic heterocycles. The van der Waals surface area contributed by atoms with Gasteiger partial charge in [0.15, 0.2) is 9.84 Å². The number of hydrogen-bond donors (Lipinski definition) is 1. The van der Waals surface area contributed by atoms with Gasteiger partial charge in [-0.1, -0.05) is 0 Å². The first-order chi connectivity index (χ1) is 8.80. The summed E-state index contributed by atoms with van der Waals surface area (Å²) in [6, 6.07) is 3.10. The van der Waals surface area contributed by atoms with E-state index in [0.717, 1.165) is 6.26 Å². The lowest BCUT2D eigenvalue weighted by Gasteiger charge is -2.09. The number of sulfone groups is 1. The summed E-state index contributed by atoms with van der Waals surface area (Å²) in [5.74, 6) is 0.696. The fourth-order valence-electron chi connectivity index (χ4n) is 1.91. The van der Waals surface area contributed by atoms with Gasteiger partial charge in [0.2, 0.25) is 0 Å². The van der Waals surface area contributed by atoms with Gasteiger partial charge in [-0.25, -0.2) is 13.4 Å². The molecular weight excluding hydrogens is 268 g/mol. The molecule has 1 N–H and O–H groups in total. The van der Waals surface area contributed by atoms with Crippen LogP contribution in [0, 0.1) is 6.92 Å². The van der Waals surface area contributed by atoms with Crippen LogP contribution in [-0.4, -0.2) is 31.8 Å². The molecule has 0 amide bonds. The van der Waals surface area contributed by atoms with E-state index in [1.165, 1.54) is 13.2 Å². The van der Waals surface area contributed by atoms with E-state index in [4.69, 9.17) is 4.74 Å². The van der Waals surface area contributed by atoms with Gasteiger partial charge in [0.25, 0.3) is 5.56 Å². The number of hydrogen-bond acceptors (Lipinski definition) is 5. The van der Waals surface area contributed by atoms with Crippen LogP contribution in [0.3, 0.4) is 0 Å². The maximum absolute atomic E-state index is 11.8. The van der Waals surface area contributed by atoms with E-state index in [1.807, 2.05) is 0 Å². The van der Waals surface area contributed by atoms with Gasteiger partial charge in [-0.05, 0) is 19.1 Å². The molecule has 0 aliphatic heterocycles. The minimum absolute atomic E-state index is 0.153. The predicted octanol–water partition coefficient (Wildman–Crippen LogP) is 0.785. The number of nitrogens with zero attached hydrogens (tertiary/aromatic N) is 1. The Morgan fingerprint density at radius 2 is 2.05 bits per heavy atom. The molecular formula is C12H14N2O4S. The summed E-state index contributed by atoms with van der Waals surface area (Å²) in [6.07, 6.45) is 1.15. The molecule has 0 spiro atoms. The Bertz CT molecular complexity index is 793. The van der Waals surface area contributed by atoms with E-state index in [2.05, 4.69) is 9.97 Å². The molecule has 0 atom stereocenters. The Labute approximate surface area is 110 Å². The van der Waals surface area contributed by atoms with E-state index in [1.54, 1.807) is 13.0 Å². The van der Waals surface area contributed by atoms with Crippen molar-refractivity contribution in [2.75, 3.05) is 13.4 Å². The van der Waals surface area contributed by atoms with Crippen LogP contribution in [0.5, 0.6) is 5.75 Å². The first kappa shape index (κ1) is 13.5. The van der Waals surface area contributed by atoms with Crippen LogP contribution >= 0.6 is 0 Å². The van der Waals surface area contributed by atoms with Crippen LogP contribution in [0.25, 0.3) is 10.9 Å². The van der Waals surface area contributed by atoms with Crippen molar-refractivity contribution in [3.05, 3.63) is 33.9 Å². The first-order valence-corrected chi connectivity index (χ1v) is 7.61. The van der Waals surface area contributed by atoms with Crippen molar-refractivity contribution in [1.29, 1.82) is 0 Å². The van der Waals surface area contributed by atoms with Crippen molar-refractivity contribution in [3.63, 3.8) is 0 Å². The van der Waals surface area contributed by atoms with Gasteiger partial charge in [-0.3, -0.25) is 4.79 Å². The highest BCUT2D eigenvalue weighted by Crippen LogP contribution is 2.24. The predicted molar refractivity (Wildman–Crippen MR) is 72.2 cm³/mol. The number of benzene rings is 1. The van der Waals surface area contributed by atoms with Gasteiger partial charge in [0.1, 0.15) is 11.6 Å². The third-order valence-electron chi connectivity index (χ3n) is 2.64. The maximum Gasteiger partial charge on any atom is 0.258 e. The molecule has 0 saturated carbocycles. The van der Waals surface area contributed by atoms with Crippen LogP contribution in [-0.2, 0) is 15.6 Å². The lowest BCUT2D eigenvalue weighted by Crippen LogP contribution is -2.11. The van der Waals surface area contributed by atoms with E-state index >= 15 is 0 Å². The lowest BCUT2D eigenvalue weighted by molar-refractivity contribution is 0.411. The van der Waals surface area contributed by atoms with Crippen molar-refractivity contribution in [3.8, 4) is 5.75 Å². The zero-order chi connectivity index (χ0) is 14.2. The van der Waals surface area contributed by atoms with Gasteiger partial charge in [-0.15, -0.1) is 0 Å². The number of nitrogens with one attached hydrogen (secondary N) is 1. The second-order valence-corrected chi connectivity index (χ2v) is 6.54. The third kappa shape index (κ3) is 2.93. The fraction of sp³-hybridized carbons (Fsp3) is 0.333. The molecule has 1 aromatic carbocycles. The molecule has 19 heavy (non-hydrogen) atoms. The molecule has 0 unspecified atom stereocenters. The van der Waals surface area contributed by atoms with Crippen LogP contribution in [0.2, 0.25) is 0 Å². The van der Waals surface area contributed by atoms with Crippen molar-refractivity contribution in [1.82, 2.24) is 9.97 Å². The molecule has 0 bridgehead atoms. The maximum atomic E-state index is 11.8. The van der Waals surface area contributed by atoms with Crippen LogP contribution < -0.4 is 10.3 Å². The van der Waals surface area contributed by atoms with Gasteiger partial charge in [-0.2, -0.15) is 0 Å². The number of fused-ring (bicyclic) bond motifs is 1. The number of aromatic amines is 1. The van der Waals surface area contributed by atoms with Crippen molar-refractivity contribution in [2.45, 2.75) is 12.7 Å². The van der Waals surface area contributed by atoms with Crippen LogP contribution in [0.1, 0.15) is 11.4 Å². The summed E-state index contributed by atoms with van der Waals surface area (Å²) in [5.41, 5.74) is 0.683. The molecule has 0 aliphatic carbocycles. The Hall–Kier alpha value is -1.89. The molecule has 7 heteroatoms. The molecule has 2 aromatic rings. The van der Waals surface area contributed by atoms with Crippen LogP contribution in [0.4, 0.5) is 0 Å². The number of H-pyrrole nitrogens is 1. The average molecular weight is 282 g/mol. The fourth-order valence-corrected chi connectivity index (χ4v) is 2.70. The van der Waals surface area contributed by atoms with Gasteiger partial charge < -0.3 is 9.72 Å². The molecule has 102 valence electrons. The highest BCUT2D eigenvalue weighted by atomic mass is 32.2. The molecule has 6 nitrogen and oxygen atoms in total. The number of aromatic nitrogens is 2. The minimum atomic E-state index is -3.19. The van der Waals surface area contributed by atoms with E-state index < -0.39 is 9.84 Å². The SMILES string of the molecule is COc1cc2c(=O)[nH]c(C)nc2cc1CS(C)(=O)=O. The zero-order valence-electron chi connectivity index (χ0n) is 10.9. The highest BCUT2D eigenvalue weighted by molar-refractivity contribution is 7.89. The number of aryl methyl sites for hydroxylation is 1. The quantitative estimate of drug-likeness (QED) is 0.898. The van der Waals surface area contributed by atoms with E-state index in [9.17, 15) is 13.2 Å². The standard InChI is InChI=1S/C12H14N2O4S/c1-7-13-10-4-8(6-19(3,16)17)11(18-2)5-9(10)12(15)14-7/h4-5H,6H2,1-3H3,(H,13,14,15). The molecule has 0 radical (unpaired) electrons. The van der Waals surface area contributed by atoms with E-state index in [0.29, 0.717) is 28.0 Å². The third-order valence-corrected chi connectivity index (χ3v) is 3.48. The van der Waals surface area contributed by atoms with Crippen molar-refractivity contribution < 1.29 is 13.2 Å². The van der Waals surface area contributed by atoms with Gasteiger partial charge in [0.05, 0.1) is 23.8 Å². The van der Waals surface area contributed by atoms with Gasteiger partial charge in [0, 0.05) is 11.8 Å². The molecule has 1 heterocycles. The van der Waals surface area contributed by atoms with Gasteiger partial charge >= 0.3 is 0 Å². The van der Waals surface area contributed by atoms with Crippen LogP contribution in [0.15, 0.2) is 16.9 Å². The zero-order valence-corrected chi connectivity index (χ0v) is 11.7. The smallest absolute Gasteiger partial charge is 0.258 e. The largest absolute Gasteiger partial charge is 0.496 e. The number of rotatable bonds is 3. The minimum Gasteiger partial charge on any atom is -0.496 e. The molecule has 0 fully saturated rings. The van der Waals surface area contributed by atoms with Crippen molar-refractivity contribution >= 4 is 20.7 Å². The van der Waals surface area contributed by atoms with E-state index in [-0.39, 0.29) is 11.3 Å². The number of methoxy groups -OCH3 is 1. The van der Waals surface area contributed by atoms with Crippen molar-refractivity contribution in [2.24, 2.45) is 0 Å². The Morgan fingerprint density at radius 3 is 2.63 bits per heavy atom. The molecule has 0 saturated heterocycles. The summed E-state index contributed by atoms with van der Waals surface area (Å²) in [7, 11) is -1.76. The monoisotopic (exact) mass is 282 g/mol. The Kier molecular flexibility index (Phi) is 3.32. The summed E-state index contributed by atoms with van der Waals surface area (Å²) in [5, 5.41) is 0.375. The average Bonchev–Trinajstić information content (AvgIpc) is 2.25. The molecule has 2 rings (SSSR count). The highest BCUT2D eigenvalue weighted by Gasteiger charge is 2.13. The first-order valence-electron chi connectivity index (χ1n) is 5.55. The summed E-state index contributed by atoms with van der Waals surface area (Å²) in [6.45, 7) is 1.67. The number of ether oxygens (including phenoxy) is 1. The second kappa shape index (κ2) is 4.65. The summed E-state index contributed by atoms with van der Waals surface area (Å²) >= 11 is 0. The Balaban J connectivity index is 2.74. The topological polar surface area (TPSA) is 89.1 Å². The Morgan fingerprint density at radius 1 is 1.37 bits per heavy atom. The molecule has 0 aliphatic rings. The normalized spacial score (nSPS) is 11.7. The summed E-state index contributed by atoms with van der Waals surface area (Å²) in [4.78, 5) is 18.6. The lowest BCUT2D eigenvalue weighted by atomic mass is 10.1. The second-order valence-electron chi connectivity index (χ2n) is 4.40. The summed E-state index contributed by atoms with van der Waals surface area (Å²) < 4.78 is 27.9.